The molecule has 5 rings (SSSR count). The highest BCUT2D eigenvalue weighted by Crippen LogP contribution is 2.28. The molecule has 1 aliphatic heterocycles. The van der Waals surface area contributed by atoms with Crippen LogP contribution in [0.4, 0.5) is 0 Å². The van der Waals surface area contributed by atoms with Gasteiger partial charge in [0.05, 0.1) is 23.7 Å². The molecule has 8 heteroatoms. The monoisotopic (exact) mass is 529 g/mol. The Morgan fingerprint density at radius 1 is 1.08 bits per heavy atom. The van der Waals surface area contributed by atoms with Crippen molar-refractivity contribution in [2.24, 2.45) is 0 Å². The molecule has 0 saturated carbocycles. The molecule has 0 spiro atoms. The topological polar surface area (TPSA) is 71.3 Å². The van der Waals surface area contributed by atoms with Crippen molar-refractivity contribution in [3.63, 3.8) is 0 Å². The van der Waals surface area contributed by atoms with E-state index in [4.69, 9.17) is 4.98 Å². The van der Waals surface area contributed by atoms with E-state index in [0.29, 0.717) is 46.8 Å². The molecule has 3 heterocycles. The van der Waals surface area contributed by atoms with Crippen LogP contribution >= 0.6 is 11.5 Å². The lowest BCUT2D eigenvalue weighted by molar-refractivity contribution is 0.0638. The maximum Gasteiger partial charge on any atom is 0.264 e. The van der Waals surface area contributed by atoms with Crippen molar-refractivity contribution >= 4 is 27.7 Å². The fourth-order valence-corrected chi connectivity index (χ4v) is 5.91. The molecule has 1 aliphatic rings. The molecule has 1 amide bonds. The van der Waals surface area contributed by atoms with E-state index in [2.05, 4.69) is 16.2 Å². The average Bonchev–Trinajstić information content (AvgIpc) is 3.28. The normalized spacial score (nSPS) is 14.4. The van der Waals surface area contributed by atoms with Gasteiger partial charge in [0, 0.05) is 12.1 Å². The minimum atomic E-state index is -0.344. The molecule has 1 fully saturated rings. The van der Waals surface area contributed by atoms with Crippen molar-refractivity contribution in [1.29, 1.82) is 0 Å². The Morgan fingerprint density at radius 3 is 2.47 bits per heavy atom. The van der Waals surface area contributed by atoms with Gasteiger partial charge in [-0.25, -0.2) is 4.98 Å². The summed E-state index contributed by atoms with van der Waals surface area (Å²) in [6.07, 6.45) is 2.76. The maximum absolute atomic E-state index is 14.0. The summed E-state index contributed by atoms with van der Waals surface area (Å²) in [7, 11) is 0. The summed E-state index contributed by atoms with van der Waals surface area (Å²) in [4.78, 5) is 37.9. The van der Waals surface area contributed by atoms with E-state index in [1.807, 2.05) is 73.3 Å². The zero-order valence-electron chi connectivity index (χ0n) is 22.4. The summed E-state index contributed by atoms with van der Waals surface area (Å²) in [6.45, 7) is 10.2. The number of aryl methyl sites for hydroxylation is 2. The van der Waals surface area contributed by atoms with E-state index >= 15 is 0 Å². The van der Waals surface area contributed by atoms with Gasteiger partial charge >= 0.3 is 0 Å². The molecule has 0 radical (unpaired) electrons. The highest BCUT2D eigenvalue weighted by Gasteiger charge is 2.30. The van der Waals surface area contributed by atoms with Crippen molar-refractivity contribution in [2.45, 2.75) is 52.6 Å². The zero-order chi connectivity index (χ0) is 26.6. The van der Waals surface area contributed by atoms with E-state index in [0.717, 1.165) is 37.2 Å². The lowest BCUT2D eigenvalue weighted by Gasteiger charge is -2.35. The van der Waals surface area contributed by atoms with Gasteiger partial charge < -0.3 is 9.80 Å². The lowest BCUT2D eigenvalue weighted by Crippen LogP contribution is -2.42. The summed E-state index contributed by atoms with van der Waals surface area (Å²) >= 11 is 1.25. The van der Waals surface area contributed by atoms with Crippen molar-refractivity contribution in [1.82, 2.24) is 23.7 Å². The predicted octanol–water partition coefficient (Wildman–Crippen LogP) is 5.21. The molecular weight excluding hydrogens is 494 g/mol. The molecule has 0 N–H and O–H groups in total. The summed E-state index contributed by atoms with van der Waals surface area (Å²) in [5.74, 6) is 0.600. The smallest absolute Gasteiger partial charge is 0.264 e. The number of rotatable bonds is 10. The van der Waals surface area contributed by atoms with Crippen LogP contribution < -0.4 is 5.56 Å². The maximum atomic E-state index is 14.0. The van der Waals surface area contributed by atoms with Crippen LogP contribution in [0, 0.1) is 13.8 Å². The van der Waals surface area contributed by atoms with Crippen LogP contribution in [0.1, 0.15) is 65.2 Å². The second kappa shape index (κ2) is 11.6. The van der Waals surface area contributed by atoms with Gasteiger partial charge in [0.25, 0.3) is 11.5 Å². The molecule has 2 aromatic heterocycles. The van der Waals surface area contributed by atoms with E-state index < -0.39 is 0 Å². The summed E-state index contributed by atoms with van der Waals surface area (Å²) in [5, 5.41) is 0.568. The standard InChI is InChI=1S/C30H35N5O2S/c1-4-25(34(19-9-18-33-16-8-17-33)29(36)24-14-12-21(2)13-15-24)27-31-28-26(22(3)32-38-28)30(37)35(27)20-23-10-6-5-7-11-23/h5-7,10-15,25H,4,8-9,16-20H2,1-3H3. The molecule has 1 atom stereocenters. The fourth-order valence-electron chi connectivity index (χ4n) is 5.13. The lowest BCUT2D eigenvalue weighted by atomic mass is 10.1. The van der Waals surface area contributed by atoms with Crippen LogP contribution in [0.15, 0.2) is 59.4 Å². The second-order valence-corrected chi connectivity index (χ2v) is 10.9. The van der Waals surface area contributed by atoms with Crippen LogP contribution in [-0.2, 0) is 6.54 Å². The molecule has 4 aromatic rings. The van der Waals surface area contributed by atoms with E-state index in [1.54, 1.807) is 4.57 Å². The van der Waals surface area contributed by atoms with Gasteiger partial charge in [0.1, 0.15) is 5.82 Å². The van der Waals surface area contributed by atoms with Crippen LogP contribution in [0.25, 0.3) is 10.2 Å². The van der Waals surface area contributed by atoms with Crippen molar-refractivity contribution in [3.05, 3.63) is 93.2 Å². The Hall–Kier alpha value is -3.36. The predicted molar refractivity (Wildman–Crippen MR) is 153 cm³/mol. The number of carbonyl (C=O) groups is 1. The minimum absolute atomic E-state index is 0.0263. The summed E-state index contributed by atoms with van der Waals surface area (Å²) < 4.78 is 6.19. The van der Waals surface area contributed by atoms with Crippen LogP contribution in [0.2, 0.25) is 0 Å². The number of hydrogen-bond acceptors (Lipinski definition) is 6. The summed E-state index contributed by atoms with van der Waals surface area (Å²) in [5.41, 5.74) is 3.39. The van der Waals surface area contributed by atoms with E-state index in [9.17, 15) is 9.59 Å². The van der Waals surface area contributed by atoms with Gasteiger partial charge in [0.15, 0.2) is 4.83 Å². The van der Waals surface area contributed by atoms with Crippen molar-refractivity contribution in [3.8, 4) is 0 Å². The SMILES string of the molecule is CCC(c1nc2snc(C)c2c(=O)n1Cc1ccccc1)N(CCCN1CCC1)C(=O)c1ccc(C)cc1. The highest BCUT2D eigenvalue weighted by atomic mass is 32.1. The van der Waals surface area contributed by atoms with Crippen LogP contribution in [0.5, 0.6) is 0 Å². The number of carbonyl (C=O) groups excluding carboxylic acids is 1. The third-order valence-electron chi connectivity index (χ3n) is 7.42. The third-order valence-corrected chi connectivity index (χ3v) is 8.26. The van der Waals surface area contributed by atoms with Crippen molar-refractivity contribution in [2.75, 3.05) is 26.2 Å². The number of hydrogen-bond donors (Lipinski definition) is 0. The van der Waals surface area contributed by atoms with Gasteiger partial charge in [0.2, 0.25) is 0 Å². The number of nitrogens with zero attached hydrogens (tertiary/aromatic N) is 5. The van der Waals surface area contributed by atoms with Gasteiger partial charge in [-0.15, -0.1) is 0 Å². The first-order valence-corrected chi connectivity index (χ1v) is 14.2. The third kappa shape index (κ3) is 5.42. The number of benzene rings is 2. The number of aromatic nitrogens is 3. The van der Waals surface area contributed by atoms with Crippen LogP contribution in [-0.4, -0.2) is 55.8 Å². The van der Waals surface area contributed by atoms with Crippen molar-refractivity contribution < 1.29 is 4.79 Å². The Morgan fingerprint density at radius 2 is 1.82 bits per heavy atom. The van der Waals surface area contributed by atoms with Crippen LogP contribution in [0.3, 0.4) is 0 Å². The molecule has 1 unspecified atom stereocenters. The van der Waals surface area contributed by atoms with Gasteiger partial charge in [-0.2, -0.15) is 4.37 Å². The van der Waals surface area contributed by atoms with Gasteiger partial charge in [-0.05, 0) is 82.0 Å². The molecule has 2 aromatic carbocycles. The quantitative estimate of drug-likeness (QED) is 0.282. The number of amides is 1. The molecule has 38 heavy (non-hydrogen) atoms. The molecule has 1 saturated heterocycles. The molecule has 198 valence electrons. The number of likely N-dealkylation sites (tertiary alicyclic amines) is 1. The molecular formula is C30H35N5O2S. The molecule has 0 bridgehead atoms. The Kier molecular flexibility index (Phi) is 8.00. The first-order chi connectivity index (χ1) is 18.5. The largest absolute Gasteiger partial charge is 0.328 e. The molecule has 7 nitrogen and oxygen atoms in total. The second-order valence-electron chi connectivity index (χ2n) is 10.1. The average molecular weight is 530 g/mol. The van der Waals surface area contributed by atoms with E-state index in [1.165, 1.54) is 18.0 Å². The van der Waals surface area contributed by atoms with E-state index in [-0.39, 0.29) is 17.5 Å². The minimum Gasteiger partial charge on any atom is -0.328 e. The Labute approximate surface area is 227 Å². The Balaban J connectivity index is 1.58. The molecule has 0 aliphatic carbocycles. The van der Waals surface area contributed by atoms with Gasteiger partial charge in [-0.3, -0.25) is 14.2 Å². The first kappa shape index (κ1) is 26.3. The fraction of sp³-hybridized carbons (Fsp3) is 0.400. The first-order valence-electron chi connectivity index (χ1n) is 13.5. The Bertz CT molecular complexity index is 1460. The summed E-state index contributed by atoms with van der Waals surface area (Å²) in [6, 6.07) is 17.3. The highest BCUT2D eigenvalue weighted by molar-refractivity contribution is 7.12. The van der Waals surface area contributed by atoms with Gasteiger partial charge in [-0.1, -0.05) is 55.0 Å². The zero-order valence-corrected chi connectivity index (χ0v) is 23.2. The number of fused-ring (bicyclic) bond motifs is 1.